The molecule has 0 bridgehead atoms. The number of nitrogen functional groups attached to an aromatic ring is 1. The number of para-hydroxylation sites is 1. The van der Waals surface area contributed by atoms with Gasteiger partial charge < -0.3 is 11.1 Å². The molecule has 0 fully saturated rings. The fourth-order valence-electron chi connectivity index (χ4n) is 1.73. The van der Waals surface area contributed by atoms with E-state index in [2.05, 4.69) is 5.32 Å². The summed E-state index contributed by atoms with van der Waals surface area (Å²) in [7, 11) is 0. The summed E-state index contributed by atoms with van der Waals surface area (Å²) in [5, 5.41) is 12.1. The number of rotatable bonds is 2. The van der Waals surface area contributed by atoms with Crippen LogP contribution in [0.1, 0.15) is 11.1 Å². The standard InChI is InChI=1S/C14H9ClF3N3/c15-10-2-1-3-11(20)13(10)21-12-5-4-9(14(16,17)18)6-8(12)7-19/h1-6,21H,20H2. The maximum absolute atomic E-state index is 12.6. The van der Waals surface area contributed by atoms with Gasteiger partial charge in [0.15, 0.2) is 0 Å². The van der Waals surface area contributed by atoms with E-state index in [4.69, 9.17) is 22.6 Å². The van der Waals surface area contributed by atoms with Gasteiger partial charge in [-0.3, -0.25) is 0 Å². The molecule has 108 valence electrons. The molecule has 0 unspecified atom stereocenters. The van der Waals surface area contributed by atoms with Crippen LogP contribution in [0.2, 0.25) is 5.02 Å². The summed E-state index contributed by atoms with van der Waals surface area (Å²) >= 11 is 5.97. The molecular formula is C14H9ClF3N3. The molecule has 0 amide bonds. The van der Waals surface area contributed by atoms with Crippen LogP contribution in [-0.4, -0.2) is 0 Å². The number of nitrogens with two attached hydrogens (primary N) is 1. The lowest BCUT2D eigenvalue weighted by atomic mass is 10.1. The molecule has 2 aromatic carbocycles. The van der Waals surface area contributed by atoms with E-state index in [0.29, 0.717) is 16.4 Å². The van der Waals surface area contributed by atoms with Crippen LogP contribution in [0, 0.1) is 11.3 Å². The Morgan fingerprint density at radius 2 is 1.90 bits per heavy atom. The van der Waals surface area contributed by atoms with Crippen molar-refractivity contribution in [2.24, 2.45) is 0 Å². The first-order valence-electron chi connectivity index (χ1n) is 5.75. The first kappa shape index (κ1) is 15.0. The SMILES string of the molecule is N#Cc1cc(C(F)(F)F)ccc1Nc1c(N)cccc1Cl. The molecule has 0 aliphatic carbocycles. The van der Waals surface area contributed by atoms with Crippen LogP contribution < -0.4 is 11.1 Å². The van der Waals surface area contributed by atoms with Gasteiger partial charge >= 0.3 is 6.18 Å². The number of halogens is 4. The molecule has 2 rings (SSSR count). The van der Waals surface area contributed by atoms with Crippen LogP contribution in [0.4, 0.5) is 30.2 Å². The van der Waals surface area contributed by atoms with Gasteiger partial charge in [0.1, 0.15) is 6.07 Å². The third-order valence-corrected chi connectivity index (χ3v) is 3.09. The molecule has 0 aliphatic rings. The summed E-state index contributed by atoms with van der Waals surface area (Å²) in [5.41, 5.74) is 5.58. The van der Waals surface area contributed by atoms with Gasteiger partial charge in [-0.15, -0.1) is 0 Å². The first-order chi connectivity index (χ1) is 9.82. The second-order valence-electron chi connectivity index (χ2n) is 4.20. The molecule has 3 N–H and O–H groups in total. The van der Waals surface area contributed by atoms with Crippen LogP contribution in [0.25, 0.3) is 0 Å². The summed E-state index contributed by atoms with van der Waals surface area (Å²) in [6.07, 6.45) is -4.51. The van der Waals surface area contributed by atoms with Gasteiger partial charge in [-0.2, -0.15) is 18.4 Å². The van der Waals surface area contributed by atoms with E-state index >= 15 is 0 Å². The molecule has 0 aliphatic heterocycles. The fraction of sp³-hybridized carbons (Fsp3) is 0.0714. The highest BCUT2D eigenvalue weighted by Gasteiger charge is 2.31. The van der Waals surface area contributed by atoms with Crippen LogP contribution in [-0.2, 0) is 6.18 Å². The number of benzene rings is 2. The molecule has 0 radical (unpaired) electrons. The Kier molecular flexibility index (Phi) is 3.96. The summed E-state index contributed by atoms with van der Waals surface area (Å²) < 4.78 is 37.9. The minimum absolute atomic E-state index is 0.149. The van der Waals surface area contributed by atoms with Crippen LogP contribution in [0.3, 0.4) is 0 Å². The van der Waals surface area contributed by atoms with Gasteiger partial charge in [-0.25, -0.2) is 0 Å². The molecule has 0 spiro atoms. The second kappa shape index (κ2) is 5.54. The minimum atomic E-state index is -4.51. The van der Waals surface area contributed by atoms with Gasteiger partial charge in [-0.05, 0) is 30.3 Å². The van der Waals surface area contributed by atoms with Gasteiger partial charge in [0, 0.05) is 0 Å². The molecule has 0 aromatic heterocycles. The van der Waals surface area contributed by atoms with E-state index in [9.17, 15) is 13.2 Å². The van der Waals surface area contributed by atoms with Crippen LogP contribution >= 0.6 is 11.6 Å². The number of hydrogen-bond acceptors (Lipinski definition) is 3. The lowest BCUT2D eigenvalue weighted by molar-refractivity contribution is -0.137. The van der Waals surface area contributed by atoms with Crippen LogP contribution in [0.15, 0.2) is 36.4 Å². The molecule has 21 heavy (non-hydrogen) atoms. The number of nitriles is 1. The molecular weight excluding hydrogens is 303 g/mol. The van der Waals surface area contributed by atoms with Crippen molar-refractivity contribution in [3.8, 4) is 6.07 Å². The van der Waals surface area contributed by atoms with Gasteiger partial charge in [0.05, 0.1) is 33.2 Å². The summed E-state index contributed by atoms with van der Waals surface area (Å²) in [4.78, 5) is 0. The van der Waals surface area contributed by atoms with Crippen molar-refractivity contribution in [1.29, 1.82) is 5.26 Å². The van der Waals surface area contributed by atoms with E-state index in [1.54, 1.807) is 24.3 Å². The van der Waals surface area contributed by atoms with Crippen molar-refractivity contribution in [2.45, 2.75) is 6.18 Å². The summed E-state index contributed by atoms with van der Waals surface area (Å²) in [6, 6.07) is 9.36. The predicted octanol–water partition coefficient (Wildman–Crippen LogP) is 4.56. The maximum Gasteiger partial charge on any atom is 0.416 e. The molecule has 7 heteroatoms. The quantitative estimate of drug-likeness (QED) is 0.799. The molecule has 3 nitrogen and oxygen atoms in total. The third-order valence-electron chi connectivity index (χ3n) is 2.77. The van der Waals surface area contributed by atoms with E-state index in [1.807, 2.05) is 0 Å². The van der Waals surface area contributed by atoms with E-state index in [0.717, 1.165) is 12.1 Å². The zero-order valence-corrected chi connectivity index (χ0v) is 11.3. The number of nitrogens with one attached hydrogen (secondary N) is 1. The topological polar surface area (TPSA) is 61.8 Å². The molecule has 0 saturated carbocycles. The average Bonchev–Trinajstić information content (AvgIpc) is 2.42. The fourth-order valence-corrected chi connectivity index (χ4v) is 1.96. The van der Waals surface area contributed by atoms with E-state index in [-0.39, 0.29) is 11.3 Å². The van der Waals surface area contributed by atoms with Crippen molar-refractivity contribution >= 4 is 28.7 Å². The Morgan fingerprint density at radius 1 is 1.19 bits per heavy atom. The van der Waals surface area contributed by atoms with Gasteiger partial charge in [-0.1, -0.05) is 17.7 Å². The zero-order valence-electron chi connectivity index (χ0n) is 10.5. The minimum Gasteiger partial charge on any atom is -0.397 e. The second-order valence-corrected chi connectivity index (χ2v) is 4.61. The van der Waals surface area contributed by atoms with Gasteiger partial charge in [0.25, 0.3) is 0 Å². The van der Waals surface area contributed by atoms with E-state index < -0.39 is 11.7 Å². The molecule has 0 saturated heterocycles. The number of alkyl halides is 3. The Labute approximate surface area is 123 Å². The highest BCUT2D eigenvalue weighted by Crippen LogP contribution is 2.35. The Hall–Kier alpha value is -2.39. The lowest BCUT2D eigenvalue weighted by Gasteiger charge is -2.14. The average molecular weight is 312 g/mol. The Balaban J connectivity index is 2.44. The highest BCUT2D eigenvalue weighted by molar-refractivity contribution is 6.34. The van der Waals surface area contributed by atoms with Crippen molar-refractivity contribution in [3.05, 3.63) is 52.5 Å². The monoisotopic (exact) mass is 311 g/mol. The van der Waals surface area contributed by atoms with Crippen molar-refractivity contribution < 1.29 is 13.2 Å². The van der Waals surface area contributed by atoms with Crippen molar-refractivity contribution in [2.75, 3.05) is 11.1 Å². The third kappa shape index (κ3) is 3.20. The Bertz CT molecular complexity index is 700. The molecule has 2 aromatic rings. The first-order valence-corrected chi connectivity index (χ1v) is 6.13. The van der Waals surface area contributed by atoms with E-state index in [1.165, 1.54) is 6.07 Å². The highest BCUT2D eigenvalue weighted by atomic mass is 35.5. The van der Waals surface area contributed by atoms with Crippen molar-refractivity contribution in [1.82, 2.24) is 0 Å². The molecule has 0 heterocycles. The number of anilines is 3. The zero-order chi connectivity index (χ0) is 15.6. The predicted molar refractivity (Wildman–Crippen MR) is 75.3 cm³/mol. The number of nitrogens with zero attached hydrogens (tertiary/aromatic N) is 1. The normalized spacial score (nSPS) is 11.0. The largest absolute Gasteiger partial charge is 0.416 e. The maximum atomic E-state index is 12.6. The number of hydrogen-bond donors (Lipinski definition) is 2. The molecule has 0 atom stereocenters. The lowest BCUT2D eigenvalue weighted by Crippen LogP contribution is -2.06. The van der Waals surface area contributed by atoms with Crippen LogP contribution in [0.5, 0.6) is 0 Å². The summed E-state index contributed by atoms with van der Waals surface area (Å²) in [5.74, 6) is 0. The summed E-state index contributed by atoms with van der Waals surface area (Å²) in [6.45, 7) is 0. The van der Waals surface area contributed by atoms with Gasteiger partial charge in [0.2, 0.25) is 0 Å². The smallest absolute Gasteiger partial charge is 0.397 e. The van der Waals surface area contributed by atoms with Crippen molar-refractivity contribution in [3.63, 3.8) is 0 Å². The Morgan fingerprint density at radius 3 is 2.48 bits per heavy atom.